The predicted molar refractivity (Wildman–Crippen MR) is 72.3 cm³/mol. The molecular formula is C14H18FNO2S. The Labute approximate surface area is 113 Å². The molecule has 1 aliphatic carbocycles. The van der Waals surface area contributed by atoms with Gasteiger partial charge in [-0.3, -0.25) is 0 Å². The fourth-order valence-corrected chi connectivity index (χ4v) is 4.87. The summed E-state index contributed by atoms with van der Waals surface area (Å²) < 4.78 is 36.9. The molecule has 1 aliphatic heterocycles. The molecule has 5 heteroatoms. The number of rotatable bonds is 2. The molecule has 0 radical (unpaired) electrons. The van der Waals surface area contributed by atoms with E-state index in [1.54, 1.807) is 6.07 Å². The summed E-state index contributed by atoms with van der Waals surface area (Å²) in [4.78, 5) is 0. The Bertz CT molecular complexity index is 585. The van der Waals surface area contributed by atoms with E-state index in [1.807, 2.05) is 6.07 Å². The third-order valence-corrected chi connectivity index (χ3v) is 5.93. The molecule has 1 fully saturated rings. The van der Waals surface area contributed by atoms with Crippen LogP contribution in [0.4, 0.5) is 4.39 Å². The molecule has 3 nitrogen and oxygen atoms in total. The van der Waals surface area contributed by atoms with E-state index in [4.69, 9.17) is 0 Å². The molecule has 1 heterocycles. The Hall–Kier alpha value is -0.940. The van der Waals surface area contributed by atoms with Crippen LogP contribution in [0.1, 0.15) is 36.4 Å². The lowest BCUT2D eigenvalue weighted by atomic mass is 10.1. The highest BCUT2D eigenvalue weighted by Crippen LogP contribution is 2.33. The third kappa shape index (κ3) is 2.67. The van der Waals surface area contributed by atoms with Gasteiger partial charge in [-0.15, -0.1) is 0 Å². The first-order valence-electron chi connectivity index (χ1n) is 6.79. The van der Waals surface area contributed by atoms with Crippen molar-refractivity contribution < 1.29 is 12.8 Å². The molecule has 2 aliphatic rings. The highest BCUT2D eigenvalue weighted by molar-refractivity contribution is 7.91. The van der Waals surface area contributed by atoms with Crippen LogP contribution in [0.25, 0.3) is 0 Å². The Balaban J connectivity index is 1.75. The molecule has 0 saturated carbocycles. The maximum atomic E-state index is 13.6. The van der Waals surface area contributed by atoms with Crippen molar-refractivity contribution in [1.82, 2.24) is 5.32 Å². The van der Waals surface area contributed by atoms with Gasteiger partial charge in [0.05, 0.1) is 11.5 Å². The topological polar surface area (TPSA) is 46.2 Å². The van der Waals surface area contributed by atoms with Crippen LogP contribution in [0.2, 0.25) is 0 Å². The number of nitrogens with one attached hydrogen (secondary N) is 1. The Morgan fingerprint density at radius 1 is 1.26 bits per heavy atom. The van der Waals surface area contributed by atoms with Gasteiger partial charge in [0.1, 0.15) is 5.82 Å². The van der Waals surface area contributed by atoms with Gasteiger partial charge in [0.15, 0.2) is 9.84 Å². The molecule has 0 amide bonds. The number of halogens is 1. The van der Waals surface area contributed by atoms with E-state index >= 15 is 0 Å². The van der Waals surface area contributed by atoms with Crippen LogP contribution in [0.15, 0.2) is 18.2 Å². The zero-order valence-corrected chi connectivity index (χ0v) is 11.5. The van der Waals surface area contributed by atoms with Crippen molar-refractivity contribution in [1.29, 1.82) is 0 Å². The molecule has 1 N–H and O–H groups in total. The molecule has 3 rings (SSSR count). The summed E-state index contributed by atoms with van der Waals surface area (Å²) in [7, 11) is -2.90. The van der Waals surface area contributed by atoms with Gasteiger partial charge in [0.25, 0.3) is 0 Å². The second-order valence-corrected chi connectivity index (χ2v) is 7.75. The van der Waals surface area contributed by atoms with E-state index in [9.17, 15) is 12.8 Å². The molecule has 0 aromatic heterocycles. The van der Waals surface area contributed by atoms with Crippen molar-refractivity contribution in [3.05, 3.63) is 35.1 Å². The van der Waals surface area contributed by atoms with Crippen LogP contribution < -0.4 is 5.32 Å². The normalized spacial score (nSPS) is 29.1. The van der Waals surface area contributed by atoms with Crippen LogP contribution >= 0.6 is 0 Å². The maximum Gasteiger partial charge on any atom is 0.151 e. The van der Waals surface area contributed by atoms with Crippen molar-refractivity contribution in [2.24, 2.45) is 0 Å². The van der Waals surface area contributed by atoms with Gasteiger partial charge in [0, 0.05) is 12.1 Å². The van der Waals surface area contributed by atoms with E-state index in [1.165, 1.54) is 6.07 Å². The number of sulfone groups is 1. The molecule has 1 aromatic carbocycles. The van der Waals surface area contributed by atoms with Crippen molar-refractivity contribution in [2.45, 2.75) is 37.8 Å². The van der Waals surface area contributed by atoms with E-state index in [0.717, 1.165) is 36.8 Å². The molecule has 1 aromatic rings. The number of benzene rings is 1. The van der Waals surface area contributed by atoms with E-state index in [2.05, 4.69) is 5.32 Å². The SMILES string of the molecule is O=S1(=O)CCCC(NC2CCc3c(F)cccc32)C1. The van der Waals surface area contributed by atoms with Crippen molar-refractivity contribution in [2.75, 3.05) is 11.5 Å². The smallest absolute Gasteiger partial charge is 0.151 e. The van der Waals surface area contributed by atoms with Crippen molar-refractivity contribution in [3.8, 4) is 0 Å². The minimum Gasteiger partial charge on any atom is -0.306 e. The molecule has 2 atom stereocenters. The van der Waals surface area contributed by atoms with Crippen molar-refractivity contribution in [3.63, 3.8) is 0 Å². The molecule has 0 spiro atoms. The highest BCUT2D eigenvalue weighted by atomic mass is 32.2. The quantitative estimate of drug-likeness (QED) is 0.903. The number of hydrogen-bond acceptors (Lipinski definition) is 3. The molecular weight excluding hydrogens is 265 g/mol. The number of hydrogen-bond donors (Lipinski definition) is 1. The monoisotopic (exact) mass is 283 g/mol. The van der Waals surface area contributed by atoms with Crippen molar-refractivity contribution >= 4 is 9.84 Å². The predicted octanol–water partition coefficient (Wildman–Crippen LogP) is 1.98. The van der Waals surface area contributed by atoms with E-state index in [-0.39, 0.29) is 23.7 Å². The number of fused-ring (bicyclic) bond motifs is 1. The van der Waals surface area contributed by atoms with Gasteiger partial charge in [-0.05, 0) is 42.9 Å². The Kier molecular flexibility index (Phi) is 3.35. The van der Waals surface area contributed by atoms with Gasteiger partial charge in [-0.1, -0.05) is 12.1 Å². The second kappa shape index (κ2) is 4.87. The lowest BCUT2D eigenvalue weighted by molar-refractivity contribution is 0.419. The average molecular weight is 283 g/mol. The first kappa shape index (κ1) is 13.1. The molecule has 0 bridgehead atoms. The second-order valence-electron chi connectivity index (χ2n) is 5.52. The lowest BCUT2D eigenvalue weighted by Crippen LogP contribution is -2.41. The summed E-state index contributed by atoms with van der Waals surface area (Å²) >= 11 is 0. The Morgan fingerprint density at radius 2 is 2.11 bits per heavy atom. The molecule has 104 valence electrons. The Morgan fingerprint density at radius 3 is 2.89 bits per heavy atom. The fraction of sp³-hybridized carbons (Fsp3) is 0.571. The van der Waals surface area contributed by atoms with Crippen LogP contribution in [-0.4, -0.2) is 26.0 Å². The maximum absolute atomic E-state index is 13.6. The van der Waals surface area contributed by atoms with E-state index < -0.39 is 9.84 Å². The van der Waals surface area contributed by atoms with Gasteiger partial charge < -0.3 is 5.32 Å². The third-order valence-electron chi connectivity index (χ3n) is 4.11. The van der Waals surface area contributed by atoms with Gasteiger partial charge in [-0.2, -0.15) is 0 Å². The molecule has 1 saturated heterocycles. The zero-order valence-electron chi connectivity index (χ0n) is 10.7. The highest BCUT2D eigenvalue weighted by Gasteiger charge is 2.30. The molecule has 2 unspecified atom stereocenters. The average Bonchev–Trinajstić information content (AvgIpc) is 2.73. The van der Waals surface area contributed by atoms with Gasteiger partial charge in [0.2, 0.25) is 0 Å². The van der Waals surface area contributed by atoms with Crippen LogP contribution in [-0.2, 0) is 16.3 Å². The standard InChI is InChI=1S/C14H18FNO2S/c15-13-5-1-4-12-11(13)6-7-14(12)16-10-3-2-8-19(17,18)9-10/h1,4-5,10,14,16H,2-3,6-9H2. The fourth-order valence-electron chi connectivity index (χ4n) is 3.22. The lowest BCUT2D eigenvalue weighted by Gasteiger charge is -2.26. The summed E-state index contributed by atoms with van der Waals surface area (Å²) in [6, 6.07) is 5.28. The van der Waals surface area contributed by atoms with Crippen LogP contribution in [0.5, 0.6) is 0 Å². The largest absolute Gasteiger partial charge is 0.306 e. The van der Waals surface area contributed by atoms with Gasteiger partial charge >= 0.3 is 0 Å². The summed E-state index contributed by atoms with van der Waals surface area (Å²) in [5.41, 5.74) is 1.79. The minimum atomic E-state index is -2.90. The minimum absolute atomic E-state index is 0.0120. The van der Waals surface area contributed by atoms with Crippen LogP contribution in [0, 0.1) is 5.82 Å². The van der Waals surface area contributed by atoms with E-state index in [0.29, 0.717) is 5.75 Å². The molecule has 19 heavy (non-hydrogen) atoms. The zero-order chi connectivity index (χ0) is 13.5. The first-order chi connectivity index (χ1) is 9.05. The summed E-state index contributed by atoms with van der Waals surface area (Å²) in [5.74, 6) is 0.382. The first-order valence-corrected chi connectivity index (χ1v) is 8.61. The van der Waals surface area contributed by atoms with Crippen LogP contribution in [0.3, 0.4) is 0 Å². The summed E-state index contributed by atoms with van der Waals surface area (Å²) in [6.45, 7) is 0. The summed E-state index contributed by atoms with van der Waals surface area (Å²) in [5, 5.41) is 3.41. The summed E-state index contributed by atoms with van der Waals surface area (Å²) in [6.07, 6.45) is 3.20. The van der Waals surface area contributed by atoms with Gasteiger partial charge in [-0.25, -0.2) is 12.8 Å².